The van der Waals surface area contributed by atoms with Crippen LogP contribution in [-0.2, 0) is 28.6 Å². The van der Waals surface area contributed by atoms with Gasteiger partial charge in [0, 0.05) is 19.3 Å². The van der Waals surface area contributed by atoms with Gasteiger partial charge in [0.1, 0.15) is 13.2 Å². The predicted octanol–water partition coefficient (Wildman–Crippen LogP) is 17.4. The van der Waals surface area contributed by atoms with Gasteiger partial charge in [-0.15, -0.1) is 0 Å². The number of esters is 3. The van der Waals surface area contributed by atoms with Crippen LogP contribution in [0.4, 0.5) is 0 Å². The average Bonchev–Trinajstić information content (AvgIpc) is 3.28. The number of carbonyl (C=O) groups excluding carboxylic acids is 3. The van der Waals surface area contributed by atoms with Crippen LogP contribution in [-0.4, -0.2) is 37.2 Å². The van der Waals surface area contributed by atoms with Gasteiger partial charge >= 0.3 is 17.9 Å². The van der Waals surface area contributed by atoms with Crippen LogP contribution >= 0.6 is 0 Å². The van der Waals surface area contributed by atoms with Gasteiger partial charge in [0.05, 0.1) is 0 Å². The molecule has 63 heavy (non-hydrogen) atoms. The lowest BCUT2D eigenvalue weighted by Crippen LogP contribution is -2.30. The zero-order chi connectivity index (χ0) is 45.8. The molecular weight excluding hydrogens is 781 g/mol. The molecule has 0 aromatic rings. The summed E-state index contributed by atoms with van der Waals surface area (Å²) in [5, 5.41) is 0. The first-order chi connectivity index (χ1) is 31.0. The lowest BCUT2D eigenvalue weighted by Gasteiger charge is -2.18. The van der Waals surface area contributed by atoms with Crippen molar-refractivity contribution in [1.29, 1.82) is 0 Å². The van der Waals surface area contributed by atoms with E-state index in [0.29, 0.717) is 12.8 Å². The third kappa shape index (κ3) is 49.7. The molecule has 0 aromatic carbocycles. The molecule has 0 aliphatic heterocycles. The van der Waals surface area contributed by atoms with Gasteiger partial charge < -0.3 is 14.2 Å². The molecule has 0 amide bonds. The molecule has 0 N–H and O–H groups in total. The highest BCUT2D eigenvalue weighted by atomic mass is 16.6. The quantitative estimate of drug-likeness (QED) is 0.0199. The van der Waals surface area contributed by atoms with E-state index < -0.39 is 6.10 Å². The first-order valence-corrected chi connectivity index (χ1v) is 26.5. The van der Waals surface area contributed by atoms with Crippen LogP contribution in [0.15, 0.2) is 72.9 Å². The number of allylic oxidation sites excluding steroid dienone is 12. The smallest absolute Gasteiger partial charge is 0.306 e. The minimum atomic E-state index is -0.796. The molecule has 0 aromatic heterocycles. The molecule has 6 nitrogen and oxygen atoms in total. The van der Waals surface area contributed by atoms with Crippen LogP contribution in [0.3, 0.4) is 0 Å². The number of unbranched alkanes of at least 4 members (excludes halogenated alkanes) is 25. The van der Waals surface area contributed by atoms with Gasteiger partial charge in [-0.2, -0.15) is 0 Å². The summed E-state index contributed by atoms with van der Waals surface area (Å²) in [6, 6.07) is 0. The Morgan fingerprint density at radius 3 is 1.08 bits per heavy atom. The maximum Gasteiger partial charge on any atom is 0.306 e. The van der Waals surface area contributed by atoms with Crippen molar-refractivity contribution >= 4 is 17.9 Å². The third-order valence-electron chi connectivity index (χ3n) is 11.2. The van der Waals surface area contributed by atoms with Crippen LogP contribution < -0.4 is 0 Å². The fourth-order valence-electron chi connectivity index (χ4n) is 7.25. The number of ether oxygens (including phenoxy) is 3. The molecule has 0 heterocycles. The molecule has 0 radical (unpaired) electrons. The lowest BCUT2D eigenvalue weighted by atomic mass is 10.1. The van der Waals surface area contributed by atoms with Crippen LogP contribution in [0.25, 0.3) is 0 Å². The van der Waals surface area contributed by atoms with Gasteiger partial charge in [0.25, 0.3) is 0 Å². The van der Waals surface area contributed by atoms with E-state index in [1.54, 1.807) is 0 Å². The summed E-state index contributed by atoms with van der Waals surface area (Å²) >= 11 is 0. The van der Waals surface area contributed by atoms with E-state index in [4.69, 9.17) is 14.2 Å². The highest BCUT2D eigenvalue weighted by Gasteiger charge is 2.19. The Kier molecular flexibility index (Phi) is 48.9. The normalized spacial score (nSPS) is 12.6. The second kappa shape index (κ2) is 51.5. The molecular formula is C57H98O6. The second-order valence-electron chi connectivity index (χ2n) is 17.4. The molecule has 0 fully saturated rings. The largest absolute Gasteiger partial charge is 0.462 e. The maximum absolute atomic E-state index is 12.8. The van der Waals surface area contributed by atoms with Crippen molar-refractivity contribution in [2.45, 2.75) is 258 Å². The highest BCUT2D eigenvalue weighted by Crippen LogP contribution is 2.14. The zero-order valence-electron chi connectivity index (χ0n) is 41.3. The summed E-state index contributed by atoms with van der Waals surface area (Å²) in [5.41, 5.74) is 0. The summed E-state index contributed by atoms with van der Waals surface area (Å²) in [6.45, 7) is 6.48. The van der Waals surface area contributed by atoms with Gasteiger partial charge in [0.2, 0.25) is 0 Å². The molecule has 0 aliphatic rings. The Balaban J connectivity index is 4.44. The van der Waals surface area contributed by atoms with Crippen molar-refractivity contribution in [3.63, 3.8) is 0 Å². The van der Waals surface area contributed by atoms with Gasteiger partial charge in [-0.1, -0.05) is 222 Å². The summed E-state index contributed by atoms with van der Waals surface area (Å²) < 4.78 is 16.8. The van der Waals surface area contributed by atoms with Crippen LogP contribution in [0, 0.1) is 0 Å². The first-order valence-electron chi connectivity index (χ1n) is 26.5. The highest BCUT2D eigenvalue weighted by molar-refractivity contribution is 5.71. The molecule has 6 heteroatoms. The Bertz CT molecular complexity index is 1190. The molecule has 0 aliphatic carbocycles. The summed E-state index contributed by atoms with van der Waals surface area (Å²) in [4.78, 5) is 38.0. The van der Waals surface area contributed by atoms with Crippen molar-refractivity contribution in [2.24, 2.45) is 0 Å². The molecule has 362 valence electrons. The molecule has 0 bridgehead atoms. The number of rotatable bonds is 47. The fourth-order valence-corrected chi connectivity index (χ4v) is 7.25. The van der Waals surface area contributed by atoms with E-state index in [-0.39, 0.29) is 37.5 Å². The molecule has 1 atom stereocenters. The van der Waals surface area contributed by atoms with Crippen LogP contribution in [0.2, 0.25) is 0 Å². The summed E-state index contributed by atoms with van der Waals surface area (Å²) in [5.74, 6) is -0.937. The van der Waals surface area contributed by atoms with Gasteiger partial charge in [-0.05, 0) is 83.5 Å². The third-order valence-corrected chi connectivity index (χ3v) is 11.2. The van der Waals surface area contributed by atoms with Crippen molar-refractivity contribution < 1.29 is 28.6 Å². The fraction of sp³-hybridized carbons (Fsp3) is 0.737. The maximum atomic E-state index is 12.8. The zero-order valence-corrected chi connectivity index (χ0v) is 41.3. The van der Waals surface area contributed by atoms with Crippen LogP contribution in [0.1, 0.15) is 252 Å². The minimum Gasteiger partial charge on any atom is -0.462 e. The summed E-state index contributed by atoms with van der Waals surface area (Å²) in [7, 11) is 0. The van der Waals surface area contributed by atoms with E-state index in [0.717, 1.165) is 109 Å². The first kappa shape index (κ1) is 59.9. The van der Waals surface area contributed by atoms with E-state index in [2.05, 4.69) is 93.7 Å². The van der Waals surface area contributed by atoms with Gasteiger partial charge in [0.15, 0.2) is 6.10 Å². The van der Waals surface area contributed by atoms with E-state index >= 15 is 0 Å². The molecule has 0 rings (SSSR count). The number of hydrogen-bond donors (Lipinski definition) is 0. The average molecular weight is 879 g/mol. The topological polar surface area (TPSA) is 78.9 Å². The molecule has 0 saturated heterocycles. The van der Waals surface area contributed by atoms with Gasteiger partial charge in [-0.25, -0.2) is 0 Å². The van der Waals surface area contributed by atoms with Crippen molar-refractivity contribution in [2.75, 3.05) is 13.2 Å². The van der Waals surface area contributed by atoms with Gasteiger partial charge in [-0.3, -0.25) is 14.4 Å². The predicted molar refractivity (Wildman–Crippen MR) is 270 cm³/mol. The van der Waals surface area contributed by atoms with Crippen molar-refractivity contribution in [3.8, 4) is 0 Å². The Morgan fingerprint density at radius 2 is 0.667 bits per heavy atom. The van der Waals surface area contributed by atoms with E-state index in [9.17, 15) is 14.4 Å². The molecule has 0 spiro atoms. The monoisotopic (exact) mass is 879 g/mol. The van der Waals surface area contributed by atoms with E-state index in [1.165, 1.54) is 103 Å². The SMILES string of the molecule is CC/C=C\C/C=C\C/C=C\C/C=C\CCCCCC(=O)OC(COC(=O)CCCCCCC/C=C\C=C/CCCCCCCCC)COC(=O)CCCCCCCCCCCCC. The Hall–Kier alpha value is -3.15. The Labute approximate surface area is 389 Å². The second-order valence-corrected chi connectivity index (χ2v) is 17.4. The van der Waals surface area contributed by atoms with Crippen molar-refractivity contribution in [1.82, 2.24) is 0 Å². The summed E-state index contributed by atoms with van der Waals surface area (Å²) in [6.07, 6.45) is 64.6. The van der Waals surface area contributed by atoms with Crippen molar-refractivity contribution in [3.05, 3.63) is 72.9 Å². The van der Waals surface area contributed by atoms with E-state index in [1.807, 2.05) is 0 Å². The molecule has 0 saturated carbocycles. The van der Waals surface area contributed by atoms with Crippen LogP contribution in [0.5, 0.6) is 0 Å². The Morgan fingerprint density at radius 1 is 0.349 bits per heavy atom. The lowest BCUT2D eigenvalue weighted by molar-refractivity contribution is -0.167. The molecule has 1 unspecified atom stereocenters. The minimum absolute atomic E-state index is 0.0921. The number of hydrogen-bond acceptors (Lipinski definition) is 6. The standard InChI is InChI=1S/C57H98O6/c1-4-7-10-13-16-19-22-24-26-28-29-31-32-35-38-41-44-47-50-56(59)62-53-54(52-61-55(58)49-46-43-40-37-34-21-18-15-12-9-6-3)63-57(60)51-48-45-42-39-36-33-30-27-25-23-20-17-14-11-8-5-2/h8,11,17,20,25-29,31,33,36,54H,4-7,9-10,12-16,18-19,21-24,30,32,34-35,37-53H2,1-3H3/b11-8-,20-17-,27-25-,28-26-,31-29-,36-33-. The number of carbonyl (C=O) groups is 3.